The number of anilines is 1. The van der Waals surface area contributed by atoms with E-state index in [0.29, 0.717) is 24.1 Å². The normalized spacial score (nSPS) is 10.7. The second-order valence-corrected chi connectivity index (χ2v) is 4.70. The average molecular weight is 291 g/mol. The standard InChI is InChI=1S/C14H21N5O2/c1-6-15-11-7-13(17-12(16-11)8-20-5)21-14-9(2)18-19(4)10(14)3/h7H,6,8H2,1-5H3,(H,15,16,17). The van der Waals surface area contributed by atoms with E-state index in [1.807, 2.05) is 27.8 Å². The SMILES string of the molecule is CCNc1cc(Oc2c(C)nn(C)c2C)nc(COC)n1. The lowest BCUT2D eigenvalue weighted by Gasteiger charge is -2.10. The van der Waals surface area contributed by atoms with Gasteiger partial charge in [-0.05, 0) is 20.8 Å². The molecule has 0 saturated heterocycles. The van der Waals surface area contributed by atoms with E-state index in [-0.39, 0.29) is 0 Å². The van der Waals surface area contributed by atoms with Gasteiger partial charge in [0, 0.05) is 26.8 Å². The van der Waals surface area contributed by atoms with Gasteiger partial charge in [-0.25, -0.2) is 4.98 Å². The fraction of sp³-hybridized carbons (Fsp3) is 0.500. The molecule has 0 fully saturated rings. The first kappa shape index (κ1) is 15.2. The van der Waals surface area contributed by atoms with Crippen molar-refractivity contribution in [2.75, 3.05) is 19.0 Å². The lowest BCUT2D eigenvalue weighted by atomic mass is 10.3. The van der Waals surface area contributed by atoms with Crippen molar-refractivity contribution < 1.29 is 9.47 Å². The number of hydrogen-bond donors (Lipinski definition) is 1. The molecule has 21 heavy (non-hydrogen) atoms. The quantitative estimate of drug-likeness (QED) is 0.879. The molecule has 0 aliphatic carbocycles. The Labute approximate surface area is 124 Å². The lowest BCUT2D eigenvalue weighted by molar-refractivity contribution is 0.177. The molecule has 0 aliphatic rings. The van der Waals surface area contributed by atoms with Crippen LogP contribution in [0.15, 0.2) is 6.07 Å². The fourth-order valence-electron chi connectivity index (χ4n) is 2.00. The first-order valence-corrected chi connectivity index (χ1v) is 6.84. The van der Waals surface area contributed by atoms with E-state index >= 15 is 0 Å². The van der Waals surface area contributed by atoms with Crippen molar-refractivity contribution in [3.8, 4) is 11.6 Å². The average Bonchev–Trinajstić information content (AvgIpc) is 2.66. The molecule has 0 aliphatic heterocycles. The zero-order valence-electron chi connectivity index (χ0n) is 13.1. The molecule has 0 saturated carbocycles. The molecule has 7 nitrogen and oxygen atoms in total. The number of aromatic nitrogens is 4. The van der Waals surface area contributed by atoms with E-state index in [4.69, 9.17) is 9.47 Å². The Hall–Kier alpha value is -2.15. The van der Waals surface area contributed by atoms with Crippen molar-refractivity contribution in [3.63, 3.8) is 0 Å². The van der Waals surface area contributed by atoms with Gasteiger partial charge in [-0.1, -0.05) is 0 Å². The number of nitrogens with one attached hydrogen (secondary N) is 1. The molecule has 2 aromatic heterocycles. The summed E-state index contributed by atoms with van der Waals surface area (Å²) in [5.41, 5.74) is 1.77. The van der Waals surface area contributed by atoms with E-state index in [9.17, 15) is 0 Å². The van der Waals surface area contributed by atoms with E-state index < -0.39 is 0 Å². The monoisotopic (exact) mass is 291 g/mol. The van der Waals surface area contributed by atoms with Gasteiger partial charge >= 0.3 is 0 Å². The molecule has 114 valence electrons. The zero-order valence-corrected chi connectivity index (χ0v) is 13.1. The molecule has 1 N–H and O–H groups in total. The Balaban J connectivity index is 2.33. The number of nitrogens with zero attached hydrogens (tertiary/aromatic N) is 4. The van der Waals surface area contributed by atoms with Gasteiger partial charge < -0.3 is 14.8 Å². The Morgan fingerprint density at radius 1 is 1.29 bits per heavy atom. The molecule has 0 spiro atoms. The highest BCUT2D eigenvalue weighted by Gasteiger charge is 2.14. The highest BCUT2D eigenvalue weighted by molar-refractivity contribution is 5.41. The third kappa shape index (κ3) is 3.49. The van der Waals surface area contributed by atoms with Crippen molar-refractivity contribution in [1.82, 2.24) is 19.7 Å². The minimum absolute atomic E-state index is 0.334. The maximum Gasteiger partial charge on any atom is 0.224 e. The molecule has 0 bridgehead atoms. The topological polar surface area (TPSA) is 74.1 Å². The third-order valence-corrected chi connectivity index (χ3v) is 3.03. The largest absolute Gasteiger partial charge is 0.435 e. The Morgan fingerprint density at radius 2 is 2.05 bits per heavy atom. The van der Waals surface area contributed by atoms with E-state index in [1.165, 1.54) is 0 Å². The van der Waals surface area contributed by atoms with Crippen molar-refractivity contribution in [2.24, 2.45) is 7.05 Å². The number of hydrogen-bond acceptors (Lipinski definition) is 6. The summed E-state index contributed by atoms with van der Waals surface area (Å²) in [4.78, 5) is 8.71. The van der Waals surface area contributed by atoms with Gasteiger partial charge in [0.1, 0.15) is 18.1 Å². The van der Waals surface area contributed by atoms with Crippen molar-refractivity contribution in [1.29, 1.82) is 0 Å². The van der Waals surface area contributed by atoms with Gasteiger partial charge in [-0.3, -0.25) is 4.68 Å². The van der Waals surface area contributed by atoms with Crippen LogP contribution in [0.5, 0.6) is 11.6 Å². The minimum Gasteiger partial charge on any atom is -0.435 e. The number of methoxy groups -OCH3 is 1. The molecule has 2 heterocycles. The molecule has 2 rings (SSSR count). The number of rotatable bonds is 6. The lowest BCUT2D eigenvalue weighted by Crippen LogP contribution is -2.05. The van der Waals surface area contributed by atoms with Gasteiger partial charge in [0.2, 0.25) is 5.88 Å². The summed E-state index contributed by atoms with van der Waals surface area (Å²) in [7, 11) is 3.49. The first-order chi connectivity index (χ1) is 10.0. The van der Waals surface area contributed by atoms with Gasteiger partial charge in [0.05, 0.1) is 5.69 Å². The second-order valence-electron chi connectivity index (χ2n) is 4.70. The predicted molar refractivity (Wildman–Crippen MR) is 79.7 cm³/mol. The molecule has 0 radical (unpaired) electrons. The van der Waals surface area contributed by atoms with Crippen LogP contribution >= 0.6 is 0 Å². The van der Waals surface area contributed by atoms with Crippen LogP contribution in [0.2, 0.25) is 0 Å². The van der Waals surface area contributed by atoms with Crippen LogP contribution in [0, 0.1) is 13.8 Å². The molecule has 0 aromatic carbocycles. The van der Waals surface area contributed by atoms with Crippen molar-refractivity contribution in [3.05, 3.63) is 23.3 Å². The second kappa shape index (κ2) is 6.53. The van der Waals surface area contributed by atoms with Crippen LogP contribution in [0.1, 0.15) is 24.1 Å². The summed E-state index contributed by atoms with van der Waals surface area (Å²) >= 11 is 0. The predicted octanol–water partition coefficient (Wildman–Crippen LogP) is 2.20. The van der Waals surface area contributed by atoms with Crippen LogP contribution in [0.3, 0.4) is 0 Å². The third-order valence-electron chi connectivity index (χ3n) is 3.03. The highest BCUT2D eigenvalue weighted by atomic mass is 16.5. The maximum atomic E-state index is 5.90. The van der Waals surface area contributed by atoms with Crippen LogP contribution in [-0.2, 0) is 18.4 Å². The fourth-order valence-corrected chi connectivity index (χ4v) is 2.00. The van der Waals surface area contributed by atoms with Gasteiger partial charge in [-0.15, -0.1) is 0 Å². The van der Waals surface area contributed by atoms with Crippen LogP contribution in [-0.4, -0.2) is 33.4 Å². The Kier molecular flexibility index (Phi) is 4.74. The van der Waals surface area contributed by atoms with E-state index in [0.717, 1.165) is 23.7 Å². The van der Waals surface area contributed by atoms with Crippen LogP contribution < -0.4 is 10.1 Å². The molecule has 2 aromatic rings. The molecule has 0 amide bonds. The maximum absolute atomic E-state index is 5.90. The minimum atomic E-state index is 0.334. The van der Waals surface area contributed by atoms with Gasteiger partial charge in [0.15, 0.2) is 11.6 Å². The summed E-state index contributed by atoms with van der Waals surface area (Å²) < 4.78 is 12.8. The number of aryl methyl sites for hydroxylation is 2. The summed E-state index contributed by atoms with van der Waals surface area (Å²) in [6.07, 6.45) is 0. The van der Waals surface area contributed by atoms with Crippen molar-refractivity contribution in [2.45, 2.75) is 27.4 Å². The number of ether oxygens (including phenoxy) is 2. The van der Waals surface area contributed by atoms with E-state index in [2.05, 4.69) is 20.4 Å². The molecule has 0 unspecified atom stereocenters. The first-order valence-electron chi connectivity index (χ1n) is 6.84. The Bertz CT molecular complexity index is 600. The van der Waals surface area contributed by atoms with Crippen LogP contribution in [0.4, 0.5) is 5.82 Å². The molecule has 7 heteroatoms. The Morgan fingerprint density at radius 3 is 2.62 bits per heavy atom. The summed E-state index contributed by atoms with van der Waals surface area (Å²) in [6, 6.07) is 1.77. The zero-order chi connectivity index (χ0) is 15.4. The van der Waals surface area contributed by atoms with Gasteiger partial charge in [0.25, 0.3) is 0 Å². The molecular weight excluding hydrogens is 270 g/mol. The summed E-state index contributed by atoms with van der Waals surface area (Å²) in [6.45, 7) is 6.98. The smallest absolute Gasteiger partial charge is 0.224 e. The van der Waals surface area contributed by atoms with E-state index in [1.54, 1.807) is 17.9 Å². The van der Waals surface area contributed by atoms with Crippen molar-refractivity contribution >= 4 is 5.82 Å². The summed E-state index contributed by atoms with van der Waals surface area (Å²) in [5, 5.41) is 7.49. The summed E-state index contributed by atoms with van der Waals surface area (Å²) in [5.74, 6) is 2.49. The molecule has 0 atom stereocenters. The van der Waals surface area contributed by atoms with Crippen LogP contribution in [0.25, 0.3) is 0 Å². The van der Waals surface area contributed by atoms with Gasteiger partial charge in [-0.2, -0.15) is 10.1 Å². The highest BCUT2D eigenvalue weighted by Crippen LogP contribution is 2.27. The molecular formula is C14H21N5O2.